The first kappa shape index (κ1) is 25.6. The third-order valence-electron chi connectivity index (χ3n) is 5.68. The molecule has 4 rings (SSSR count). The van der Waals surface area contributed by atoms with Gasteiger partial charge in [-0.3, -0.25) is 9.78 Å². The lowest BCUT2D eigenvalue weighted by Crippen LogP contribution is -2.31. The fourth-order valence-electron chi connectivity index (χ4n) is 3.95. The molecule has 3 heterocycles. The van der Waals surface area contributed by atoms with E-state index in [1.807, 2.05) is 23.2 Å². The Labute approximate surface area is 193 Å². The molecule has 1 aromatic heterocycles. The number of likely N-dealkylation sites (tertiary alicyclic amines) is 1. The number of pyridine rings is 1. The molecule has 2 aliphatic rings. The second-order valence-corrected chi connectivity index (χ2v) is 8.02. The Morgan fingerprint density at radius 1 is 1.18 bits per heavy atom. The molecule has 184 valence electrons. The first-order valence-electron chi connectivity index (χ1n) is 10.6. The first-order valence-corrected chi connectivity index (χ1v) is 10.6. The molecule has 1 amide bonds. The van der Waals surface area contributed by atoms with Crippen molar-refractivity contribution in [3.63, 3.8) is 0 Å². The molecule has 0 unspecified atom stereocenters. The highest BCUT2D eigenvalue weighted by Crippen LogP contribution is 2.36. The van der Waals surface area contributed by atoms with Crippen LogP contribution in [0.4, 0.5) is 17.6 Å². The zero-order chi connectivity index (χ0) is 24.7. The van der Waals surface area contributed by atoms with Crippen molar-refractivity contribution < 1.29 is 41.7 Å². The number of carbonyl (C=O) groups excluding carboxylic acids is 1. The number of carboxylic acids is 1. The molecule has 2 fully saturated rings. The van der Waals surface area contributed by atoms with Gasteiger partial charge < -0.3 is 19.5 Å². The van der Waals surface area contributed by atoms with E-state index >= 15 is 0 Å². The molecule has 1 N–H and O–H groups in total. The third-order valence-corrected chi connectivity index (χ3v) is 5.68. The van der Waals surface area contributed by atoms with E-state index in [9.17, 15) is 22.4 Å². The fourth-order valence-corrected chi connectivity index (χ4v) is 3.95. The normalized spacial score (nSPS) is 21.5. The van der Waals surface area contributed by atoms with Gasteiger partial charge in [0.2, 0.25) is 0 Å². The Bertz CT molecular complexity index is 956. The van der Waals surface area contributed by atoms with Crippen molar-refractivity contribution in [2.75, 3.05) is 26.3 Å². The molecular weight excluding hydrogens is 460 g/mol. The minimum atomic E-state index is -5.08. The topological polar surface area (TPSA) is 89.0 Å². The Hall–Kier alpha value is -3.05. The minimum absolute atomic E-state index is 0.0559. The van der Waals surface area contributed by atoms with Crippen LogP contribution in [0.5, 0.6) is 0 Å². The van der Waals surface area contributed by atoms with Crippen LogP contribution in [-0.2, 0) is 20.9 Å². The highest BCUT2D eigenvalue weighted by molar-refractivity contribution is 5.94. The van der Waals surface area contributed by atoms with Gasteiger partial charge in [0.05, 0.1) is 19.3 Å². The lowest BCUT2D eigenvalue weighted by molar-refractivity contribution is -0.192. The van der Waals surface area contributed by atoms with E-state index in [4.69, 9.17) is 19.4 Å². The average molecular weight is 484 g/mol. The van der Waals surface area contributed by atoms with Crippen LogP contribution >= 0.6 is 0 Å². The second kappa shape index (κ2) is 11.4. The number of aliphatic carboxylic acids is 1. The van der Waals surface area contributed by atoms with Gasteiger partial charge in [0.15, 0.2) is 0 Å². The van der Waals surface area contributed by atoms with Crippen molar-refractivity contribution in [3.05, 3.63) is 65.7 Å². The monoisotopic (exact) mass is 484 g/mol. The van der Waals surface area contributed by atoms with Crippen LogP contribution in [0.3, 0.4) is 0 Å². The van der Waals surface area contributed by atoms with Gasteiger partial charge in [-0.1, -0.05) is 6.07 Å². The van der Waals surface area contributed by atoms with Crippen LogP contribution in [-0.4, -0.2) is 65.5 Å². The Morgan fingerprint density at radius 2 is 1.88 bits per heavy atom. The van der Waals surface area contributed by atoms with Crippen molar-refractivity contribution in [2.45, 2.75) is 25.3 Å². The van der Waals surface area contributed by atoms with Gasteiger partial charge in [0.1, 0.15) is 5.82 Å². The lowest BCUT2D eigenvalue weighted by Gasteiger charge is -2.20. The van der Waals surface area contributed by atoms with Gasteiger partial charge in [0.25, 0.3) is 5.91 Å². The number of carbonyl (C=O) groups is 2. The largest absolute Gasteiger partial charge is 0.490 e. The zero-order valence-corrected chi connectivity index (χ0v) is 18.1. The van der Waals surface area contributed by atoms with Crippen LogP contribution < -0.4 is 0 Å². The SMILES string of the molecule is O=C(O)C(F)(F)F.O=C(c1ccc(F)cc1)N1C[C@H]2[C@@H](CCOCc3cccnc3)CO[C@H]2C1. The second-order valence-electron chi connectivity index (χ2n) is 8.02. The number of amides is 1. The molecule has 0 aliphatic carbocycles. The summed E-state index contributed by atoms with van der Waals surface area (Å²) >= 11 is 0. The maximum Gasteiger partial charge on any atom is 0.490 e. The summed E-state index contributed by atoms with van der Waals surface area (Å²) in [7, 11) is 0. The number of ether oxygens (including phenoxy) is 2. The molecular formula is C23H24F4N2O5. The molecule has 0 saturated carbocycles. The maximum atomic E-state index is 13.1. The van der Waals surface area contributed by atoms with Crippen LogP contribution in [0.1, 0.15) is 22.3 Å². The highest BCUT2D eigenvalue weighted by atomic mass is 19.4. The number of nitrogens with zero attached hydrogens (tertiary/aromatic N) is 2. The predicted octanol–water partition coefficient (Wildman–Crippen LogP) is 3.55. The molecule has 3 atom stereocenters. The molecule has 1 aromatic carbocycles. The van der Waals surface area contributed by atoms with E-state index in [0.717, 1.165) is 18.6 Å². The molecule has 34 heavy (non-hydrogen) atoms. The Kier molecular flexibility index (Phi) is 8.56. The van der Waals surface area contributed by atoms with Crippen LogP contribution in [0, 0.1) is 17.7 Å². The minimum Gasteiger partial charge on any atom is -0.475 e. The van der Waals surface area contributed by atoms with Crippen molar-refractivity contribution in [1.82, 2.24) is 9.88 Å². The van der Waals surface area contributed by atoms with Crippen LogP contribution in [0.25, 0.3) is 0 Å². The molecule has 7 nitrogen and oxygen atoms in total. The van der Waals surface area contributed by atoms with Gasteiger partial charge in [-0.2, -0.15) is 13.2 Å². The number of alkyl halides is 3. The Morgan fingerprint density at radius 3 is 2.50 bits per heavy atom. The summed E-state index contributed by atoms with van der Waals surface area (Å²) in [6, 6.07) is 9.62. The number of halogens is 4. The van der Waals surface area contributed by atoms with Crippen LogP contribution in [0.2, 0.25) is 0 Å². The van der Waals surface area contributed by atoms with Gasteiger partial charge in [-0.25, -0.2) is 9.18 Å². The quantitative estimate of drug-likeness (QED) is 0.499. The molecule has 2 aromatic rings. The van der Waals surface area contributed by atoms with E-state index in [1.165, 1.54) is 24.3 Å². The summed E-state index contributed by atoms with van der Waals surface area (Å²) in [5, 5.41) is 7.12. The standard InChI is InChI=1S/C21H23FN2O3.C2HF3O2/c22-18-5-3-16(4-6-18)21(25)24-11-19-17(14-27-20(19)12-24)7-9-26-13-15-2-1-8-23-10-15;3-2(4,5)1(6)7/h1-6,8,10,17,19-20H,7,9,11-14H2;(H,6,7)/t17-,19-,20-;/m0./s1. The molecule has 0 bridgehead atoms. The number of fused-ring (bicyclic) bond motifs is 1. The van der Waals surface area contributed by atoms with Crippen LogP contribution in [0.15, 0.2) is 48.8 Å². The average Bonchev–Trinajstić information content (AvgIpc) is 3.39. The molecule has 11 heteroatoms. The summed E-state index contributed by atoms with van der Waals surface area (Å²) in [6.07, 6.45) is -0.513. The van der Waals surface area contributed by atoms with Crippen molar-refractivity contribution in [2.24, 2.45) is 11.8 Å². The smallest absolute Gasteiger partial charge is 0.475 e. The van der Waals surface area contributed by atoms with Crippen molar-refractivity contribution in [1.29, 1.82) is 0 Å². The van der Waals surface area contributed by atoms with E-state index in [1.54, 1.807) is 6.20 Å². The molecule has 2 aliphatic heterocycles. The Balaban J connectivity index is 0.000000406. The zero-order valence-electron chi connectivity index (χ0n) is 18.1. The van der Waals surface area contributed by atoms with E-state index in [0.29, 0.717) is 43.7 Å². The number of hydrogen-bond acceptors (Lipinski definition) is 5. The third kappa shape index (κ3) is 6.97. The summed E-state index contributed by atoms with van der Waals surface area (Å²) in [5.41, 5.74) is 1.59. The van der Waals surface area contributed by atoms with Gasteiger partial charge >= 0.3 is 12.1 Å². The summed E-state index contributed by atoms with van der Waals surface area (Å²) in [5.74, 6) is -2.40. The number of hydrogen-bond donors (Lipinski definition) is 1. The maximum absolute atomic E-state index is 13.1. The number of aromatic nitrogens is 1. The van der Waals surface area contributed by atoms with E-state index < -0.39 is 12.1 Å². The number of carboxylic acid groups (broad SMARTS) is 1. The number of benzene rings is 1. The van der Waals surface area contributed by atoms with Gasteiger partial charge in [-0.15, -0.1) is 0 Å². The van der Waals surface area contributed by atoms with E-state index in [2.05, 4.69) is 4.98 Å². The summed E-state index contributed by atoms with van der Waals surface area (Å²) < 4.78 is 56.5. The highest BCUT2D eigenvalue weighted by Gasteiger charge is 2.45. The molecule has 0 spiro atoms. The molecule has 0 radical (unpaired) electrons. The van der Waals surface area contributed by atoms with E-state index in [-0.39, 0.29) is 17.8 Å². The number of rotatable bonds is 6. The summed E-state index contributed by atoms with van der Waals surface area (Å²) in [6.45, 7) is 3.25. The van der Waals surface area contributed by atoms with Crippen molar-refractivity contribution >= 4 is 11.9 Å². The lowest BCUT2D eigenvalue weighted by atomic mass is 9.91. The predicted molar refractivity (Wildman–Crippen MR) is 111 cm³/mol. The van der Waals surface area contributed by atoms with Gasteiger partial charge in [-0.05, 0) is 48.2 Å². The molecule has 2 saturated heterocycles. The summed E-state index contributed by atoms with van der Waals surface area (Å²) in [4.78, 5) is 27.4. The van der Waals surface area contributed by atoms with Crippen molar-refractivity contribution in [3.8, 4) is 0 Å². The first-order chi connectivity index (χ1) is 16.1. The fraction of sp³-hybridized carbons (Fsp3) is 0.435. The van der Waals surface area contributed by atoms with Gasteiger partial charge in [0, 0.05) is 43.6 Å².